The predicted octanol–water partition coefficient (Wildman–Crippen LogP) is 1.99. The Labute approximate surface area is 97.6 Å². The molecule has 0 spiro atoms. The predicted molar refractivity (Wildman–Crippen MR) is 65.8 cm³/mol. The van der Waals surface area contributed by atoms with Gasteiger partial charge in [-0.05, 0) is 30.5 Å². The van der Waals surface area contributed by atoms with Crippen molar-refractivity contribution in [3.8, 4) is 5.75 Å². The van der Waals surface area contributed by atoms with Gasteiger partial charge >= 0.3 is 0 Å². The van der Waals surface area contributed by atoms with E-state index in [0.717, 1.165) is 25.2 Å². The average molecular weight is 223 g/mol. The fraction of sp³-hybridized carbons (Fsp3) is 0.538. The zero-order valence-corrected chi connectivity index (χ0v) is 10.1. The van der Waals surface area contributed by atoms with Gasteiger partial charge in [-0.3, -0.25) is 0 Å². The Bertz CT molecular complexity index is 284. The summed E-state index contributed by atoms with van der Waals surface area (Å²) in [7, 11) is 1.71. The van der Waals surface area contributed by atoms with E-state index in [2.05, 4.69) is 19.1 Å². The summed E-state index contributed by atoms with van der Waals surface area (Å²) in [4.78, 5) is 0. The minimum absolute atomic E-state index is 0.119. The Hall–Kier alpha value is -1.06. The van der Waals surface area contributed by atoms with E-state index in [1.165, 1.54) is 5.56 Å². The van der Waals surface area contributed by atoms with Crippen molar-refractivity contribution in [1.82, 2.24) is 0 Å². The van der Waals surface area contributed by atoms with Gasteiger partial charge in [0.15, 0.2) is 0 Å². The first-order chi connectivity index (χ1) is 7.76. The lowest BCUT2D eigenvalue weighted by Crippen LogP contribution is -2.26. The lowest BCUT2D eigenvalue weighted by atomic mass is 10.1. The van der Waals surface area contributed by atoms with Crippen LogP contribution in [0, 0.1) is 0 Å². The molecule has 0 aliphatic rings. The third kappa shape index (κ3) is 4.64. The first-order valence-corrected chi connectivity index (χ1v) is 5.72. The van der Waals surface area contributed by atoms with Gasteiger partial charge in [0.1, 0.15) is 12.4 Å². The Morgan fingerprint density at radius 3 is 2.50 bits per heavy atom. The minimum atomic E-state index is 0.119. The van der Waals surface area contributed by atoms with E-state index in [4.69, 9.17) is 15.2 Å². The monoisotopic (exact) mass is 223 g/mol. The van der Waals surface area contributed by atoms with E-state index in [9.17, 15) is 0 Å². The number of benzene rings is 1. The molecule has 16 heavy (non-hydrogen) atoms. The minimum Gasteiger partial charge on any atom is -0.492 e. The molecule has 1 aromatic rings. The topological polar surface area (TPSA) is 44.5 Å². The molecule has 3 heteroatoms. The molecule has 0 bridgehead atoms. The summed E-state index contributed by atoms with van der Waals surface area (Å²) < 4.78 is 10.6. The van der Waals surface area contributed by atoms with Crippen LogP contribution in [0.25, 0.3) is 0 Å². The standard InChI is InChI=1S/C13H21NO2/c1-3-12(14)10-16-13-6-4-11(5-7-13)8-9-15-2/h4-7,12H,3,8-10,14H2,1-2H3. The van der Waals surface area contributed by atoms with Crippen molar-refractivity contribution in [2.75, 3.05) is 20.3 Å². The van der Waals surface area contributed by atoms with Gasteiger partial charge < -0.3 is 15.2 Å². The van der Waals surface area contributed by atoms with Crippen molar-refractivity contribution in [3.63, 3.8) is 0 Å². The van der Waals surface area contributed by atoms with Crippen LogP contribution >= 0.6 is 0 Å². The molecule has 0 aliphatic carbocycles. The number of hydrogen-bond acceptors (Lipinski definition) is 3. The number of methoxy groups -OCH3 is 1. The molecule has 1 rings (SSSR count). The Morgan fingerprint density at radius 1 is 1.25 bits per heavy atom. The van der Waals surface area contributed by atoms with E-state index in [1.807, 2.05) is 12.1 Å². The third-order valence-electron chi connectivity index (χ3n) is 2.51. The van der Waals surface area contributed by atoms with Crippen LogP contribution in [0.3, 0.4) is 0 Å². The van der Waals surface area contributed by atoms with Crippen LogP contribution in [0.2, 0.25) is 0 Å². The fourth-order valence-corrected chi connectivity index (χ4v) is 1.29. The molecule has 0 radical (unpaired) electrons. The molecule has 0 aliphatic heterocycles. The molecule has 0 saturated heterocycles. The molecule has 2 N–H and O–H groups in total. The van der Waals surface area contributed by atoms with E-state index in [1.54, 1.807) is 7.11 Å². The molecule has 1 aromatic carbocycles. The zero-order valence-electron chi connectivity index (χ0n) is 10.1. The van der Waals surface area contributed by atoms with E-state index >= 15 is 0 Å². The van der Waals surface area contributed by atoms with Crippen LogP contribution in [-0.2, 0) is 11.2 Å². The van der Waals surface area contributed by atoms with Gasteiger partial charge in [0, 0.05) is 13.2 Å². The summed E-state index contributed by atoms with van der Waals surface area (Å²) in [6.45, 7) is 3.39. The smallest absolute Gasteiger partial charge is 0.119 e. The summed E-state index contributed by atoms with van der Waals surface area (Å²) in [5.41, 5.74) is 7.03. The van der Waals surface area contributed by atoms with Crippen molar-refractivity contribution in [2.45, 2.75) is 25.8 Å². The lowest BCUT2D eigenvalue weighted by molar-refractivity contribution is 0.202. The maximum Gasteiger partial charge on any atom is 0.119 e. The fourth-order valence-electron chi connectivity index (χ4n) is 1.29. The largest absolute Gasteiger partial charge is 0.492 e. The zero-order chi connectivity index (χ0) is 11.8. The van der Waals surface area contributed by atoms with Crippen LogP contribution in [-0.4, -0.2) is 26.4 Å². The quantitative estimate of drug-likeness (QED) is 0.769. The molecule has 1 atom stereocenters. The Balaban J connectivity index is 2.38. The van der Waals surface area contributed by atoms with Crippen molar-refractivity contribution < 1.29 is 9.47 Å². The number of nitrogens with two attached hydrogens (primary N) is 1. The van der Waals surface area contributed by atoms with Crippen LogP contribution < -0.4 is 10.5 Å². The van der Waals surface area contributed by atoms with Crippen molar-refractivity contribution in [3.05, 3.63) is 29.8 Å². The number of ether oxygens (including phenoxy) is 2. The first kappa shape index (κ1) is 13.0. The molecule has 0 aromatic heterocycles. The van der Waals surface area contributed by atoms with Crippen LogP contribution in [0.1, 0.15) is 18.9 Å². The van der Waals surface area contributed by atoms with Gasteiger partial charge in [-0.25, -0.2) is 0 Å². The SMILES string of the molecule is CCC(N)COc1ccc(CCOC)cc1. The van der Waals surface area contributed by atoms with Crippen molar-refractivity contribution >= 4 is 0 Å². The van der Waals surface area contributed by atoms with Gasteiger partial charge in [-0.1, -0.05) is 19.1 Å². The number of rotatable bonds is 7. The molecule has 0 amide bonds. The van der Waals surface area contributed by atoms with Gasteiger partial charge in [0.05, 0.1) is 6.61 Å². The normalized spacial score (nSPS) is 12.4. The summed E-state index contributed by atoms with van der Waals surface area (Å²) in [6.07, 6.45) is 1.87. The second-order valence-electron chi connectivity index (χ2n) is 3.87. The van der Waals surface area contributed by atoms with Crippen LogP contribution in [0.15, 0.2) is 24.3 Å². The van der Waals surface area contributed by atoms with Gasteiger partial charge in [0.2, 0.25) is 0 Å². The van der Waals surface area contributed by atoms with Crippen molar-refractivity contribution in [2.24, 2.45) is 5.73 Å². The number of hydrogen-bond donors (Lipinski definition) is 1. The van der Waals surface area contributed by atoms with E-state index in [0.29, 0.717) is 6.61 Å². The molecular weight excluding hydrogens is 202 g/mol. The summed E-state index contributed by atoms with van der Waals surface area (Å²) in [6, 6.07) is 8.20. The average Bonchev–Trinajstić information content (AvgIpc) is 2.34. The molecule has 1 unspecified atom stereocenters. The highest BCUT2D eigenvalue weighted by molar-refractivity contribution is 5.27. The molecule has 90 valence electrons. The maximum absolute atomic E-state index is 5.77. The molecular formula is C13H21NO2. The summed E-state index contributed by atoms with van der Waals surface area (Å²) in [5.74, 6) is 0.880. The highest BCUT2D eigenvalue weighted by atomic mass is 16.5. The highest BCUT2D eigenvalue weighted by Crippen LogP contribution is 2.12. The first-order valence-electron chi connectivity index (χ1n) is 5.72. The maximum atomic E-state index is 5.77. The van der Waals surface area contributed by atoms with E-state index < -0.39 is 0 Å². The Kier molecular flexibility index (Phi) is 5.90. The molecule has 0 fully saturated rings. The molecule has 0 heterocycles. The Morgan fingerprint density at radius 2 is 1.94 bits per heavy atom. The second kappa shape index (κ2) is 7.25. The highest BCUT2D eigenvalue weighted by Gasteiger charge is 2.00. The van der Waals surface area contributed by atoms with Crippen molar-refractivity contribution in [1.29, 1.82) is 0 Å². The third-order valence-corrected chi connectivity index (χ3v) is 2.51. The van der Waals surface area contributed by atoms with E-state index in [-0.39, 0.29) is 6.04 Å². The molecule has 0 saturated carbocycles. The second-order valence-corrected chi connectivity index (χ2v) is 3.87. The van der Waals surface area contributed by atoms with Crippen LogP contribution in [0.5, 0.6) is 5.75 Å². The van der Waals surface area contributed by atoms with Crippen LogP contribution in [0.4, 0.5) is 0 Å². The van der Waals surface area contributed by atoms with Gasteiger partial charge in [-0.15, -0.1) is 0 Å². The lowest BCUT2D eigenvalue weighted by Gasteiger charge is -2.11. The summed E-state index contributed by atoms with van der Waals surface area (Å²) in [5, 5.41) is 0. The molecule has 3 nitrogen and oxygen atoms in total. The van der Waals surface area contributed by atoms with Gasteiger partial charge in [-0.2, -0.15) is 0 Å². The summed E-state index contributed by atoms with van der Waals surface area (Å²) >= 11 is 0. The van der Waals surface area contributed by atoms with Gasteiger partial charge in [0.25, 0.3) is 0 Å².